The number of hydrogen-bond donors (Lipinski definition) is 0. The molecule has 0 N–H and O–H groups in total. The first kappa shape index (κ1) is 22.3. The normalized spacial score (nSPS) is 15.6. The van der Waals surface area contributed by atoms with Gasteiger partial charge in [-0.15, -0.1) is 0 Å². The Hall–Kier alpha value is -1.96. The number of fused-ring (bicyclic) bond motifs is 1. The molecule has 0 aliphatic carbocycles. The fraction of sp³-hybridized carbons (Fsp3) is 0.250. The number of halogens is 3. The van der Waals surface area contributed by atoms with Crippen LogP contribution < -0.4 is 44.1 Å². The van der Waals surface area contributed by atoms with Crippen molar-refractivity contribution in [1.29, 1.82) is 0 Å². The first-order chi connectivity index (χ1) is 12.7. The summed E-state index contributed by atoms with van der Waals surface area (Å²) in [4.78, 5) is 11.1. The predicted octanol–water partition coefficient (Wildman–Crippen LogP) is 0.810. The molecule has 0 bridgehead atoms. The van der Waals surface area contributed by atoms with Crippen LogP contribution in [0.15, 0.2) is 42.0 Å². The van der Waals surface area contributed by atoms with E-state index in [4.69, 9.17) is 9.47 Å². The van der Waals surface area contributed by atoms with Crippen molar-refractivity contribution in [3.63, 3.8) is 0 Å². The van der Waals surface area contributed by atoms with E-state index in [9.17, 15) is 23.1 Å². The molecule has 4 nitrogen and oxygen atoms in total. The van der Waals surface area contributed by atoms with E-state index >= 15 is 0 Å². The number of carbonyl (C=O) groups excluding carboxylic acids is 1. The van der Waals surface area contributed by atoms with E-state index in [0.29, 0.717) is 17.1 Å². The minimum Gasteiger partial charge on any atom is -0.545 e. The molecule has 2 aromatic rings. The Bertz CT molecular complexity index is 905. The molecule has 0 radical (unpaired) electrons. The second kappa shape index (κ2) is 8.59. The van der Waals surface area contributed by atoms with Crippen molar-refractivity contribution < 1.29 is 62.1 Å². The zero-order valence-corrected chi connectivity index (χ0v) is 17.6. The van der Waals surface area contributed by atoms with Crippen molar-refractivity contribution >= 4 is 12.0 Å². The summed E-state index contributed by atoms with van der Waals surface area (Å²) in [6.45, 7) is 3.58. The van der Waals surface area contributed by atoms with Gasteiger partial charge < -0.3 is 19.4 Å². The number of rotatable bonds is 4. The van der Waals surface area contributed by atoms with Gasteiger partial charge in [0.05, 0.1) is 5.97 Å². The summed E-state index contributed by atoms with van der Waals surface area (Å²) in [6, 6.07) is 10.3. The maximum atomic E-state index is 13.2. The van der Waals surface area contributed by atoms with Crippen LogP contribution >= 0.6 is 0 Å². The van der Waals surface area contributed by atoms with E-state index in [0.717, 1.165) is 18.1 Å². The molecule has 2 aromatic carbocycles. The molecular formula is C20H16F3NaO4. The fourth-order valence-corrected chi connectivity index (χ4v) is 2.83. The number of benzene rings is 2. The van der Waals surface area contributed by atoms with E-state index in [1.54, 1.807) is 25.1 Å². The largest absolute Gasteiger partial charge is 1.00 e. The molecule has 0 fully saturated rings. The number of alkyl halides is 3. The van der Waals surface area contributed by atoms with Crippen molar-refractivity contribution in [2.75, 3.05) is 0 Å². The monoisotopic (exact) mass is 400 g/mol. The topological polar surface area (TPSA) is 58.6 Å². The summed E-state index contributed by atoms with van der Waals surface area (Å²) in [5.41, 5.74) is 0.731. The van der Waals surface area contributed by atoms with Crippen molar-refractivity contribution in [3.05, 3.63) is 58.7 Å². The van der Waals surface area contributed by atoms with Gasteiger partial charge >= 0.3 is 35.7 Å². The molecule has 3 rings (SSSR count). The summed E-state index contributed by atoms with van der Waals surface area (Å²) in [7, 11) is 0. The van der Waals surface area contributed by atoms with E-state index in [-0.39, 0.29) is 40.9 Å². The number of carboxylic acid groups (broad SMARTS) is 1. The Morgan fingerprint density at radius 2 is 1.82 bits per heavy atom. The van der Waals surface area contributed by atoms with Crippen molar-refractivity contribution in [1.82, 2.24) is 0 Å². The van der Waals surface area contributed by atoms with Crippen molar-refractivity contribution in [3.8, 4) is 17.2 Å². The Kier molecular flexibility index (Phi) is 6.85. The number of hydrogen-bond acceptors (Lipinski definition) is 4. The summed E-state index contributed by atoms with van der Waals surface area (Å²) in [6.07, 6.45) is -5.67. The number of carboxylic acids is 1. The summed E-state index contributed by atoms with van der Waals surface area (Å²) in [5.74, 6) is -1.13. The van der Waals surface area contributed by atoms with Crippen molar-refractivity contribution in [2.24, 2.45) is 0 Å². The quantitative estimate of drug-likeness (QED) is 0.713. The molecule has 142 valence electrons. The third-order valence-corrected chi connectivity index (χ3v) is 4.31. The smallest absolute Gasteiger partial charge is 0.545 e. The van der Waals surface area contributed by atoms with E-state index in [2.05, 4.69) is 0 Å². The predicted molar refractivity (Wildman–Crippen MR) is 90.5 cm³/mol. The minimum atomic E-state index is -4.89. The zero-order chi connectivity index (χ0) is 19.8. The van der Waals surface area contributed by atoms with Crippen LogP contribution in [-0.4, -0.2) is 18.2 Å². The van der Waals surface area contributed by atoms with Gasteiger partial charge in [0.15, 0.2) is 0 Å². The Balaban J connectivity index is 0.00000280. The van der Waals surface area contributed by atoms with E-state index in [1.807, 2.05) is 19.1 Å². The molecule has 0 spiro atoms. The molecule has 0 saturated carbocycles. The van der Waals surface area contributed by atoms with E-state index < -0.39 is 23.8 Å². The number of carbonyl (C=O) groups is 1. The van der Waals surface area contributed by atoms with Gasteiger partial charge in [0, 0.05) is 16.7 Å². The Labute approximate surface area is 182 Å². The van der Waals surface area contributed by atoms with Crippen LogP contribution in [0.1, 0.15) is 23.6 Å². The summed E-state index contributed by atoms with van der Waals surface area (Å²) in [5, 5.41) is 11.1. The van der Waals surface area contributed by atoms with Crippen LogP contribution in [-0.2, 0) is 11.2 Å². The first-order valence-corrected chi connectivity index (χ1v) is 8.27. The van der Waals surface area contributed by atoms with Gasteiger partial charge in [-0.1, -0.05) is 19.1 Å². The molecule has 1 heterocycles. The van der Waals surface area contributed by atoms with Gasteiger partial charge in [-0.05, 0) is 49.2 Å². The van der Waals surface area contributed by atoms with Crippen LogP contribution in [0.25, 0.3) is 6.08 Å². The fourth-order valence-electron chi connectivity index (χ4n) is 2.83. The average molecular weight is 400 g/mol. The number of aryl methyl sites for hydroxylation is 1. The van der Waals surface area contributed by atoms with Crippen LogP contribution in [0, 0.1) is 6.92 Å². The van der Waals surface area contributed by atoms with Gasteiger partial charge in [-0.25, -0.2) is 0 Å². The maximum absolute atomic E-state index is 13.2. The second-order valence-corrected chi connectivity index (χ2v) is 6.13. The third kappa shape index (κ3) is 4.54. The molecule has 0 aromatic heterocycles. The molecule has 0 saturated heterocycles. The summed E-state index contributed by atoms with van der Waals surface area (Å²) >= 11 is 0. The van der Waals surface area contributed by atoms with Crippen LogP contribution in [0.3, 0.4) is 0 Å². The molecule has 0 amide bonds. The van der Waals surface area contributed by atoms with Gasteiger partial charge in [0.2, 0.25) is 6.10 Å². The molecule has 28 heavy (non-hydrogen) atoms. The number of aliphatic carboxylic acids is 1. The molecule has 1 atom stereocenters. The third-order valence-electron chi connectivity index (χ3n) is 4.31. The van der Waals surface area contributed by atoms with Crippen LogP contribution in [0.2, 0.25) is 0 Å². The molecule has 1 aliphatic heterocycles. The molecule has 1 unspecified atom stereocenters. The van der Waals surface area contributed by atoms with Crippen LogP contribution in [0.5, 0.6) is 17.2 Å². The average Bonchev–Trinajstić information content (AvgIpc) is 2.63. The van der Waals surface area contributed by atoms with Gasteiger partial charge in [-0.2, -0.15) is 13.2 Å². The Morgan fingerprint density at radius 3 is 2.36 bits per heavy atom. The standard InChI is InChI=1S/C20H17F3O4.Na/c1-3-12-4-7-14(8-5-12)26-16-9-6-13-10-15(19(24)25)18(20(21,22)23)27-17(13)11(16)2;/h4-10,18H,3H2,1-2H3,(H,24,25);/q;+1/p-1. The van der Waals surface area contributed by atoms with Gasteiger partial charge in [0.1, 0.15) is 17.2 Å². The Morgan fingerprint density at radius 1 is 1.18 bits per heavy atom. The van der Waals surface area contributed by atoms with Crippen molar-refractivity contribution in [2.45, 2.75) is 32.5 Å². The molecule has 8 heteroatoms. The van der Waals surface area contributed by atoms with E-state index in [1.165, 1.54) is 6.07 Å². The summed E-state index contributed by atoms with van der Waals surface area (Å²) < 4.78 is 50.4. The first-order valence-electron chi connectivity index (χ1n) is 8.27. The maximum Gasteiger partial charge on any atom is 1.00 e. The number of ether oxygens (including phenoxy) is 2. The molecular weight excluding hydrogens is 384 g/mol. The zero-order valence-electron chi connectivity index (χ0n) is 15.6. The second-order valence-electron chi connectivity index (χ2n) is 6.13. The SMILES string of the molecule is CCc1ccc(Oc2ccc3c(c2C)OC(C(F)(F)F)C(C(=O)[O-])=C3)cc1.[Na+]. The van der Waals surface area contributed by atoms with Gasteiger partial charge in [0.25, 0.3) is 0 Å². The molecule has 1 aliphatic rings. The van der Waals surface area contributed by atoms with Gasteiger partial charge in [-0.3, -0.25) is 0 Å². The van der Waals surface area contributed by atoms with Crippen LogP contribution in [0.4, 0.5) is 13.2 Å². The minimum absolute atomic E-state index is 0.